The van der Waals surface area contributed by atoms with E-state index in [1.807, 2.05) is 6.07 Å². The van der Waals surface area contributed by atoms with E-state index in [1.54, 1.807) is 18.2 Å². The third-order valence-electron chi connectivity index (χ3n) is 5.07. The Balaban J connectivity index is 1.59. The van der Waals surface area contributed by atoms with Crippen LogP contribution in [0.25, 0.3) is 11.4 Å². The first-order valence-electron chi connectivity index (χ1n) is 9.72. The minimum Gasteiger partial charge on any atom is -0.465 e. The number of sulfonamides is 1. The summed E-state index contributed by atoms with van der Waals surface area (Å²) >= 11 is 0. The Morgan fingerprint density at radius 1 is 1.07 bits per heavy atom. The zero-order valence-corrected chi connectivity index (χ0v) is 17.4. The zero-order chi connectivity index (χ0) is 21.1. The van der Waals surface area contributed by atoms with E-state index in [1.165, 1.54) is 31.4 Å². The van der Waals surface area contributed by atoms with Crippen LogP contribution in [-0.2, 0) is 27.7 Å². The number of aryl methyl sites for hydroxylation is 1. The van der Waals surface area contributed by atoms with Crippen LogP contribution in [0.2, 0.25) is 0 Å². The fourth-order valence-electron chi connectivity index (χ4n) is 3.52. The van der Waals surface area contributed by atoms with Gasteiger partial charge in [-0.25, -0.2) is 13.2 Å². The van der Waals surface area contributed by atoms with Crippen LogP contribution in [0.4, 0.5) is 5.69 Å². The molecular weight excluding hydrogens is 404 g/mol. The summed E-state index contributed by atoms with van der Waals surface area (Å²) in [6, 6.07) is 12.7. The molecule has 0 radical (unpaired) electrons. The Morgan fingerprint density at radius 2 is 1.87 bits per heavy atom. The molecule has 1 N–H and O–H groups in total. The van der Waals surface area contributed by atoms with E-state index in [-0.39, 0.29) is 10.5 Å². The first-order chi connectivity index (χ1) is 14.5. The summed E-state index contributed by atoms with van der Waals surface area (Å²) in [4.78, 5) is 11.6. The largest absolute Gasteiger partial charge is 0.465 e. The first kappa shape index (κ1) is 20.1. The van der Waals surface area contributed by atoms with Crippen molar-refractivity contribution >= 4 is 21.7 Å². The molecule has 2 heterocycles. The summed E-state index contributed by atoms with van der Waals surface area (Å²) < 4.78 is 34.9. The van der Waals surface area contributed by atoms with Crippen LogP contribution in [0, 0.1) is 0 Å². The Hall–Kier alpha value is -3.20. The Kier molecular flexibility index (Phi) is 5.54. The average molecular weight is 426 g/mol. The lowest BCUT2D eigenvalue weighted by molar-refractivity contribution is 0.0600. The second kappa shape index (κ2) is 8.27. The number of fused-ring (bicyclic) bond motifs is 1. The molecule has 9 heteroatoms. The van der Waals surface area contributed by atoms with Crippen LogP contribution in [0.3, 0.4) is 0 Å². The zero-order valence-electron chi connectivity index (χ0n) is 16.5. The molecule has 156 valence electrons. The SMILES string of the molecule is COC(=O)c1ccc(S(=O)(=O)Nc2cccc(-c3nnc4n3CCCCC4)c2)cc1. The summed E-state index contributed by atoms with van der Waals surface area (Å²) in [7, 11) is -2.54. The van der Waals surface area contributed by atoms with Crippen molar-refractivity contribution in [2.45, 2.75) is 37.1 Å². The normalized spacial score (nSPS) is 13.9. The van der Waals surface area contributed by atoms with Gasteiger partial charge in [-0.2, -0.15) is 0 Å². The lowest BCUT2D eigenvalue weighted by Crippen LogP contribution is -2.13. The number of aromatic nitrogens is 3. The number of anilines is 1. The van der Waals surface area contributed by atoms with Gasteiger partial charge in [0.1, 0.15) is 5.82 Å². The van der Waals surface area contributed by atoms with E-state index in [2.05, 4.69) is 24.2 Å². The van der Waals surface area contributed by atoms with Gasteiger partial charge in [0, 0.05) is 24.2 Å². The van der Waals surface area contributed by atoms with Crippen molar-refractivity contribution in [3.63, 3.8) is 0 Å². The fraction of sp³-hybridized carbons (Fsp3) is 0.286. The van der Waals surface area contributed by atoms with E-state index in [4.69, 9.17) is 0 Å². The number of nitrogens with zero attached hydrogens (tertiary/aromatic N) is 3. The number of carbonyl (C=O) groups is 1. The first-order valence-corrected chi connectivity index (χ1v) is 11.2. The molecule has 0 spiro atoms. The number of benzene rings is 2. The van der Waals surface area contributed by atoms with Gasteiger partial charge in [-0.3, -0.25) is 4.72 Å². The third kappa shape index (κ3) is 4.06. The molecule has 2 aromatic carbocycles. The number of methoxy groups -OCH3 is 1. The molecule has 0 bridgehead atoms. The highest BCUT2D eigenvalue weighted by Gasteiger charge is 2.18. The Morgan fingerprint density at radius 3 is 2.63 bits per heavy atom. The van der Waals surface area contributed by atoms with Crippen LogP contribution >= 0.6 is 0 Å². The van der Waals surface area contributed by atoms with Gasteiger partial charge in [-0.05, 0) is 49.2 Å². The maximum atomic E-state index is 12.8. The van der Waals surface area contributed by atoms with E-state index >= 15 is 0 Å². The van der Waals surface area contributed by atoms with Crippen molar-refractivity contribution in [2.75, 3.05) is 11.8 Å². The van der Waals surface area contributed by atoms with Crippen LogP contribution < -0.4 is 4.72 Å². The smallest absolute Gasteiger partial charge is 0.337 e. The van der Waals surface area contributed by atoms with Crippen LogP contribution in [0.1, 0.15) is 35.4 Å². The number of esters is 1. The van der Waals surface area contributed by atoms with Crippen molar-refractivity contribution in [2.24, 2.45) is 0 Å². The molecule has 0 fully saturated rings. The van der Waals surface area contributed by atoms with Crippen molar-refractivity contribution < 1.29 is 17.9 Å². The van der Waals surface area contributed by atoms with Gasteiger partial charge in [-0.1, -0.05) is 18.6 Å². The summed E-state index contributed by atoms with van der Waals surface area (Å²) in [6.07, 6.45) is 4.25. The molecule has 3 aromatic rings. The Labute approximate surface area is 175 Å². The molecule has 8 nitrogen and oxygen atoms in total. The summed E-state index contributed by atoms with van der Waals surface area (Å²) in [6.45, 7) is 0.861. The fourth-order valence-corrected chi connectivity index (χ4v) is 4.57. The predicted molar refractivity (Wildman–Crippen MR) is 112 cm³/mol. The molecule has 1 aliphatic heterocycles. The van der Waals surface area contributed by atoms with Crippen LogP contribution in [0.5, 0.6) is 0 Å². The second-order valence-corrected chi connectivity index (χ2v) is 8.79. The number of rotatable bonds is 5. The van der Waals surface area contributed by atoms with Crippen molar-refractivity contribution in [1.29, 1.82) is 0 Å². The van der Waals surface area contributed by atoms with Crippen LogP contribution in [-0.4, -0.2) is 36.3 Å². The molecule has 0 aliphatic carbocycles. The van der Waals surface area contributed by atoms with Crippen molar-refractivity contribution in [3.05, 3.63) is 59.9 Å². The number of hydrogen-bond acceptors (Lipinski definition) is 6. The maximum Gasteiger partial charge on any atom is 0.337 e. The molecule has 1 aliphatic rings. The van der Waals surface area contributed by atoms with Gasteiger partial charge in [0.25, 0.3) is 10.0 Å². The molecule has 0 unspecified atom stereocenters. The second-order valence-electron chi connectivity index (χ2n) is 7.10. The van der Waals surface area contributed by atoms with Gasteiger partial charge in [-0.15, -0.1) is 10.2 Å². The molecular formula is C21H22N4O4S. The lowest BCUT2D eigenvalue weighted by atomic mass is 10.2. The monoisotopic (exact) mass is 426 g/mol. The highest BCUT2D eigenvalue weighted by Crippen LogP contribution is 2.26. The van der Waals surface area contributed by atoms with Gasteiger partial charge in [0.15, 0.2) is 5.82 Å². The molecule has 0 atom stereocenters. The molecule has 0 saturated carbocycles. The topological polar surface area (TPSA) is 103 Å². The van der Waals surface area contributed by atoms with E-state index in [0.29, 0.717) is 5.69 Å². The van der Waals surface area contributed by atoms with Gasteiger partial charge < -0.3 is 9.30 Å². The molecule has 1 aromatic heterocycles. The van der Waals surface area contributed by atoms with E-state index in [9.17, 15) is 13.2 Å². The van der Waals surface area contributed by atoms with Gasteiger partial charge in [0.05, 0.1) is 17.6 Å². The minimum absolute atomic E-state index is 0.0527. The average Bonchev–Trinajstić information content (AvgIpc) is 3.01. The number of ether oxygens (including phenoxy) is 1. The van der Waals surface area contributed by atoms with Crippen molar-refractivity contribution in [3.8, 4) is 11.4 Å². The predicted octanol–water partition coefficient (Wildman–Crippen LogP) is 3.26. The lowest BCUT2D eigenvalue weighted by Gasteiger charge is -2.11. The minimum atomic E-state index is -3.82. The number of nitrogens with one attached hydrogen (secondary N) is 1. The molecule has 4 rings (SSSR count). The highest BCUT2D eigenvalue weighted by atomic mass is 32.2. The molecule has 0 saturated heterocycles. The van der Waals surface area contributed by atoms with Gasteiger partial charge >= 0.3 is 5.97 Å². The molecule has 30 heavy (non-hydrogen) atoms. The quantitative estimate of drug-likeness (QED) is 0.628. The summed E-state index contributed by atoms with van der Waals surface area (Å²) in [5.41, 5.74) is 1.51. The van der Waals surface area contributed by atoms with Gasteiger partial charge in [0.2, 0.25) is 0 Å². The highest BCUT2D eigenvalue weighted by molar-refractivity contribution is 7.92. The Bertz CT molecular complexity index is 1170. The third-order valence-corrected chi connectivity index (χ3v) is 6.47. The van der Waals surface area contributed by atoms with Crippen LogP contribution in [0.15, 0.2) is 53.4 Å². The summed E-state index contributed by atoms with van der Waals surface area (Å²) in [5, 5.41) is 8.64. The molecule has 0 amide bonds. The maximum absolute atomic E-state index is 12.8. The van der Waals surface area contributed by atoms with E-state index in [0.717, 1.165) is 49.4 Å². The number of hydrogen-bond donors (Lipinski definition) is 1. The standard InChI is InChI=1S/C21H22N4O4S/c1-29-21(26)15-9-11-18(12-10-15)30(27,28)24-17-7-5-6-16(14-17)20-23-22-19-8-3-2-4-13-25(19)20/h5-7,9-12,14,24H,2-4,8,13H2,1H3. The van der Waals surface area contributed by atoms with Crippen molar-refractivity contribution in [1.82, 2.24) is 14.8 Å². The van der Waals surface area contributed by atoms with E-state index < -0.39 is 16.0 Å². The number of carbonyl (C=O) groups excluding carboxylic acids is 1. The summed E-state index contributed by atoms with van der Waals surface area (Å²) in [5.74, 6) is 1.20.